The molecule has 2 fully saturated rings. The van der Waals surface area contributed by atoms with Crippen LogP contribution in [0.2, 0.25) is 0 Å². The number of amides is 2. The number of nitrogens with zero attached hydrogens (tertiary/aromatic N) is 1. The normalized spacial score (nSPS) is 29.2. The summed E-state index contributed by atoms with van der Waals surface area (Å²) < 4.78 is 9.90. The highest BCUT2D eigenvalue weighted by atomic mass is 32.2. The summed E-state index contributed by atoms with van der Waals surface area (Å²) in [6.45, 7) is 5.39. The third-order valence-corrected chi connectivity index (χ3v) is 8.99. The minimum absolute atomic E-state index is 0.000586. The third-order valence-electron chi connectivity index (χ3n) is 6.35. The molecule has 0 aliphatic carbocycles. The molecule has 0 unspecified atom stereocenters. The highest BCUT2D eigenvalue weighted by Gasteiger charge is 2.60. The molecule has 3 rings (SSSR count). The Labute approximate surface area is 208 Å². The Hall–Kier alpha value is -1.31. The van der Waals surface area contributed by atoms with Crippen molar-refractivity contribution in [3.63, 3.8) is 0 Å². The fourth-order valence-electron chi connectivity index (χ4n) is 4.74. The van der Waals surface area contributed by atoms with Crippen LogP contribution in [-0.2, 0) is 23.9 Å². The molecule has 2 amide bonds. The van der Waals surface area contributed by atoms with Gasteiger partial charge in [0.25, 0.3) is 0 Å². The van der Waals surface area contributed by atoms with Crippen molar-refractivity contribution >= 4 is 41.3 Å². The minimum Gasteiger partial charge on any atom is -0.477 e. The van der Waals surface area contributed by atoms with E-state index in [1.165, 1.54) is 4.90 Å². The molecule has 0 aromatic rings. The van der Waals surface area contributed by atoms with Crippen molar-refractivity contribution in [3.05, 3.63) is 10.6 Å². The number of hydrogen-bond acceptors (Lipinski definition) is 9. The zero-order valence-electron chi connectivity index (χ0n) is 19.8. The molecule has 0 spiro atoms. The number of ether oxygens (including phenoxy) is 2. The van der Waals surface area contributed by atoms with Gasteiger partial charge in [0.05, 0.1) is 24.7 Å². The van der Waals surface area contributed by atoms with Crippen LogP contribution < -0.4 is 10.6 Å². The maximum Gasteiger partial charge on any atom is 0.353 e. The molecule has 3 aliphatic rings. The van der Waals surface area contributed by atoms with Gasteiger partial charge in [0.1, 0.15) is 12.5 Å². The van der Waals surface area contributed by atoms with Crippen LogP contribution in [0.1, 0.15) is 26.7 Å². The van der Waals surface area contributed by atoms with Crippen LogP contribution in [0.5, 0.6) is 0 Å². The number of carboxylic acid groups (broad SMARTS) is 1. The number of β-lactam (4-membered cyclic amide) rings is 1. The summed E-state index contributed by atoms with van der Waals surface area (Å²) >= 11 is 3.27. The second-order valence-corrected chi connectivity index (χ2v) is 11.3. The Bertz CT molecular complexity index is 794. The lowest BCUT2D eigenvalue weighted by molar-refractivity contribution is -0.163. The van der Waals surface area contributed by atoms with E-state index in [-0.39, 0.29) is 41.5 Å². The predicted octanol–water partition coefficient (Wildman–Crippen LogP) is 0.464. The largest absolute Gasteiger partial charge is 0.477 e. The van der Waals surface area contributed by atoms with Crippen molar-refractivity contribution in [2.24, 2.45) is 11.8 Å². The standard InChI is InChI=1S/C22H35N3O7S2/c1-12-18-17(13(2)26)21(28)25(18)19(22(29)30)20(12)34-15-8-14(24-9-15)10-33-7-4-16(27)23-5-6-32-11-31-3/h12-15,17-18,24,26H,4-11H2,1-3H3,(H,23,27)(H,29,30)/t12-,13-,14+,15+,17-,18-/m1/s1. The van der Waals surface area contributed by atoms with E-state index in [2.05, 4.69) is 10.6 Å². The number of carbonyl (C=O) groups is 3. The third kappa shape index (κ3) is 6.27. The minimum atomic E-state index is -1.09. The molecule has 0 aromatic carbocycles. The van der Waals surface area contributed by atoms with Crippen molar-refractivity contribution in [1.82, 2.24) is 15.5 Å². The first-order valence-electron chi connectivity index (χ1n) is 11.6. The lowest BCUT2D eigenvalue weighted by Crippen LogP contribution is -2.63. The molecule has 0 bridgehead atoms. The highest BCUT2D eigenvalue weighted by Crippen LogP contribution is 2.51. The van der Waals surface area contributed by atoms with Gasteiger partial charge < -0.3 is 35.2 Å². The molecule has 192 valence electrons. The van der Waals surface area contributed by atoms with Crippen LogP contribution in [0.3, 0.4) is 0 Å². The van der Waals surface area contributed by atoms with Gasteiger partial charge in [-0.2, -0.15) is 11.8 Å². The molecule has 0 radical (unpaired) electrons. The van der Waals surface area contributed by atoms with Gasteiger partial charge in [-0.1, -0.05) is 6.92 Å². The number of aliphatic hydroxyl groups is 1. The summed E-state index contributed by atoms with van der Waals surface area (Å²) in [6, 6.07) is 0.0157. The van der Waals surface area contributed by atoms with Gasteiger partial charge in [-0.15, -0.1) is 11.8 Å². The molecular formula is C22H35N3O7S2. The Kier molecular flexibility index (Phi) is 10.1. The van der Waals surface area contributed by atoms with Crippen LogP contribution >= 0.6 is 23.5 Å². The van der Waals surface area contributed by atoms with Crippen LogP contribution in [0.15, 0.2) is 10.6 Å². The number of aliphatic carboxylic acids is 1. The van der Waals surface area contributed by atoms with E-state index in [1.807, 2.05) is 6.92 Å². The maximum atomic E-state index is 12.5. The average molecular weight is 518 g/mol. The summed E-state index contributed by atoms with van der Waals surface area (Å²) in [7, 11) is 1.55. The summed E-state index contributed by atoms with van der Waals surface area (Å²) in [5.41, 5.74) is 0.0841. The molecule has 0 aromatic heterocycles. The topological polar surface area (TPSA) is 137 Å². The summed E-state index contributed by atoms with van der Waals surface area (Å²) in [5, 5.41) is 26.3. The van der Waals surface area contributed by atoms with Crippen LogP contribution in [0.4, 0.5) is 0 Å². The summed E-state index contributed by atoms with van der Waals surface area (Å²) in [4.78, 5) is 38.4. The SMILES string of the molecule is COCOCCNC(=O)CCSC[C@@H]1C[C@H](SC2=C(C(=O)O)N3C(=O)[C@H]([C@@H](C)O)[C@H]3[C@H]2C)CN1. The Morgan fingerprint density at radius 1 is 1.38 bits per heavy atom. The monoisotopic (exact) mass is 517 g/mol. The fourth-order valence-corrected chi connectivity index (χ4v) is 7.29. The molecule has 10 nitrogen and oxygen atoms in total. The van der Waals surface area contributed by atoms with E-state index >= 15 is 0 Å². The van der Waals surface area contributed by atoms with Gasteiger partial charge in [0.15, 0.2) is 0 Å². The molecular weight excluding hydrogens is 482 g/mol. The molecule has 34 heavy (non-hydrogen) atoms. The van der Waals surface area contributed by atoms with Gasteiger partial charge in [0.2, 0.25) is 11.8 Å². The smallest absolute Gasteiger partial charge is 0.353 e. The maximum absolute atomic E-state index is 12.5. The number of carboxylic acids is 1. The fraction of sp³-hybridized carbons (Fsp3) is 0.773. The predicted molar refractivity (Wildman–Crippen MR) is 130 cm³/mol. The van der Waals surface area contributed by atoms with E-state index < -0.39 is 18.0 Å². The second kappa shape index (κ2) is 12.6. The van der Waals surface area contributed by atoms with Crippen LogP contribution in [0.25, 0.3) is 0 Å². The van der Waals surface area contributed by atoms with Crippen molar-refractivity contribution in [1.29, 1.82) is 0 Å². The van der Waals surface area contributed by atoms with E-state index in [0.29, 0.717) is 25.6 Å². The van der Waals surface area contributed by atoms with Crippen molar-refractivity contribution < 1.29 is 34.1 Å². The van der Waals surface area contributed by atoms with E-state index in [0.717, 1.165) is 29.4 Å². The number of aliphatic hydroxyl groups excluding tert-OH is 1. The molecule has 3 aliphatic heterocycles. The van der Waals surface area contributed by atoms with Gasteiger partial charge in [0, 0.05) is 60.2 Å². The van der Waals surface area contributed by atoms with E-state index in [1.54, 1.807) is 37.6 Å². The Balaban J connectivity index is 1.41. The number of fused-ring (bicyclic) bond motifs is 1. The zero-order chi connectivity index (χ0) is 24.8. The van der Waals surface area contributed by atoms with Crippen molar-refractivity contribution in [2.75, 3.05) is 45.1 Å². The summed E-state index contributed by atoms with van der Waals surface area (Å²) in [5.74, 6) is -0.436. The van der Waals surface area contributed by atoms with E-state index in [9.17, 15) is 24.6 Å². The molecule has 6 atom stereocenters. The second-order valence-electron chi connectivity index (χ2n) is 8.84. The van der Waals surface area contributed by atoms with Gasteiger partial charge in [-0.25, -0.2) is 4.79 Å². The Morgan fingerprint density at radius 2 is 2.15 bits per heavy atom. The summed E-state index contributed by atoms with van der Waals surface area (Å²) in [6.07, 6.45) is 0.542. The van der Waals surface area contributed by atoms with Crippen LogP contribution in [-0.4, -0.2) is 101 Å². The van der Waals surface area contributed by atoms with Gasteiger partial charge in [-0.05, 0) is 13.3 Å². The van der Waals surface area contributed by atoms with Crippen molar-refractivity contribution in [3.8, 4) is 0 Å². The number of rotatable bonds is 14. The Morgan fingerprint density at radius 3 is 2.82 bits per heavy atom. The number of thioether (sulfide) groups is 2. The van der Waals surface area contributed by atoms with Crippen molar-refractivity contribution in [2.45, 2.75) is 50.1 Å². The average Bonchev–Trinajstić information content (AvgIpc) is 3.32. The van der Waals surface area contributed by atoms with Gasteiger partial charge >= 0.3 is 5.97 Å². The first-order chi connectivity index (χ1) is 16.3. The zero-order valence-corrected chi connectivity index (χ0v) is 21.5. The number of carbonyl (C=O) groups excluding carboxylic acids is 2. The molecule has 2 saturated heterocycles. The molecule has 3 heterocycles. The van der Waals surface area contributed by atoms with Gasteiger partial charge in [-0.3, -0.25) is 9.59 Å². The lowest BCUT2D eigenvalue weighted by Gasteiger charge is -2.46. The molecule has 0 saturated carbocycles. The van der Waals surface area contributed by atoms with E-state index in [4.69, 9.17) is 9.47 Å². The number of nitrogens with one attached hydrogen (secondary N) is 2. The quantitative estimate of drug-likeness (QED) is 0.146. The first kappa shape index (κ1) is 27.3. The first-order valence-corrected chi connectivity index (χ1v) is 13.6. The molecule has 4 N–H and O–H groups in total. The lowest BCUT2D eigenvalue weighted by atomic mass is 9.79. The van der Waals surface area contributed by atoms with Crippen LogP contribution in [0, 0.1) is 11.8 Å². The number of hydrogen-bond donors (Lipinski definition) is 4. The number of methoxy groups -OCH3 is 1. The highest BCUT2D eigenvalue weighted by molar-refractivity contribution is 8.03. The molecule has 12 heteroatoms.